The van der Waals surface area contributed by atoms with Crippen molar-refractivity contribution < 1.29 is 18.7 Å². The van der Waals surface area contributed by atoms with E-state index in [4.69, 9.17) is 16.7 Å². The van der Waals surface area contributed by atoms with Gasteiger partial charge in [0.1, 0.15) is 11.6 Å². The highest BCUT2D eigenvalue weighted by molar-refractivity contribution is 6.30. The molecule has 0 spiro atoms. The van der Waals surface area contributed by atoms with Crippen molar-refractivity contribution in [1.29, 1.82) is 0 Å². The van der Waals surface area contributed by atoms with E-state index in [9.17, 15) is 13.6 Å². The van der Waals surface area contributed by atoms with Crippen molar-refractivity contribution in [1.82, 2.24) is 0 Å². The van der Waals surface area contributed by atoms with E-state index in [0.29, 0.717) is 0 Å². The second-order valence-electron chi connectivity index (χ2n) is 2.84. The lowest BCUT2D eigenvalue weighted by Gasteiger charge is -2.09. The summed E-state index contributed by atoms with van der Waals surface area (Å²) in [6.45, 7) is 1.21. The molecule has 0 aliphatic carbocycles. The normalized spacial score (nSPS) is 12.6. The number of hydrogen-bond acceptors (Lipinski definition) is 1. The first kappa shape index (κ1) is 10.9. The van der Waals surface area contributed by atoms with Crippen molar-refractivity contribution in [3.63, 3.8) is 0 Å². The van der Waals surface area contributed by atoms with Gasteiger partial charge in [0.25, 0.3) is 0 Å². The summed E-state index contributed by atoms with van der Waals surface area (Å²) in [7, 11) is 0. The number of aliphatic carboxylic acids is 1. The van der Waals surface area contributed by atoms with Gasteiger partial charge in [-0.1, -0.05) is 11.6 Å². The van der Waals surface area contributed by atoms with E-state index in [-0.39, 0.29) is 5.02 Å². The highest BCUT2D eigenvalue weighted by Gasteiger charge is 2.22. The van der Waals surface area contributed by atoms with Gasteiger partial charge in [-0.3, -0.25) is 4.79 Å². The molecule has 76 valence electrons. The molecule has 1 aromatic carbocycles. The van der Waals surface area contributed by atoms with Crippen LogP contribution in [0.15, 0.2) is 12.1 Å². The number of benzene rings is 1. The van der Waals surface area contributed by atoms with Crippen LogP contribution >= 0.6 is 11.6 Å². The van der Waals surface area contributed by atoms with Gasteiger partial charge in [-0.15, -0.1) is 0 Å². The van der Waals surface area contributed by atoms with Crippen molar-refractivity contribution in [2.45, 2.75) is 12.8 Å². The Morgan fingerprint density at radius 3 is 2.21 bits per heavy atom. The molecule has 0 aliphatic heterocycles. The fourth-order valence-corrected chi connectivity index (χ4v) is 1.28. The second-order valence-corrected chi connectivity index (χ2v) is 3.28. The summed E-state index contributed by atoms with van der Waals surface area (Å²) in [4.78, 5) is 10.5. The van der Waals surface area contributed by atoms with Crippen LogP contribution in [0, 0.1) is 11.6 Å². The summed E-state index contributed by atoms with van der Waals surface area (Å²) in [6, 6.07) is 1.78. The Labute approximate surface area is 84.1 Å². The van der Waals surface area contributed by atoms with Gasteiger partial charge in [0.15, 0.2) is 0 Å². The monoisotopic (exact) mass is 220 g/mol. The topological polar surface area (TPSA) is 37.3 Å². The van der Waals surface area contributed by atoms with Crippen molar-refractivity contribution in [2.24, 2.45) is 0 Å². The number of carbonyl (C=O) groups is 1. The fraction of sp³-hybridized carbons (Fsp3) is 0.222. The van der Waals surface area contributed by atoms with E-state index in [0.717, 1.165) is 12.1 Å². The predicted octanol–water partition coefficient (Wildman–Crippen LogP) is 2.81. The first-order valence-electron chi connectivity index (χ1n) is 3.80. The Kier molecular flexibility index (Phi) is 3.06. The lowest BCUT2D eigenvalue weighted by Crippen LogP contribution is -2.11. The molecule has 0 heterocycles. The van der Waals surface area contributed by atoms with Crippen LogP contribution in [0.25, 0.3) is 0 Å². The third-order valence-electron chi connectivity index (χ3n) is 1.85. The number of hydrogen-bond donors (Lipinski definition) is 1. The highest BCUT2D eigenvalue weighted by Crippen LogP contribution is 2.25. The molecule has 14 heavy (non-hydrogen) atoms. The number of rotatable bonds is 2. The van der Waals surface area contributed by atoms with E-state index in [1.54, 1.807) is 0 Å². The molecule has 0 aromatic heterocycles. The standard InChI is InChI=1S/C9H7ClF2O2/c1-4(9(13)14)8-6(11)2-5(10)3-7(8)12/h2-4H,1H3,(H,13,14). The van der Waals surface area contributed by atoms with Crippen LogP contribution in [-0.2, 0) is 4.79 Å². The largest absolute Gasteiger partial charge is 0.481 e. The second kappa shape index (κ2) is 3.92. The molecule has 0 amide bonds. The molecule has 2 nitrogen and oxygen atoms in total. The molecule has 0 fully saturated rings. The zero-order valence-corrected chi connectivity index (χ0v) is 7.98. The zero-order valence-electron chi connectivity index (χ0n) is 7.22. The van der Waals surface area contributed by atoms with E-state index >= 15 is 0 Å². The average molecular weight is 221 g/mol. The molecule has 1 aromatic rings. The van der Waals surface area contributed by atoms with Crippen molar-refractivity contribution in [3.05, 3.63) is 34.4 Å². The molecule has 1 unspecified atom stereocenters. The molecule has 5 heteroatoms. The summed E-state index contributed by atoms with van der Waals surface area (Å²) in [5, 5.41) is 8.49. The van der Waals surface area contributed by atoms with Crippen molar-refractivity contribution in [3.8, 4) is 0 Å². The molecule has 0 saturated carbocycles. The van der Waals surface area contributed by atoms with Gasteiger partial charge in [-0.05, 0) is 19.1 Å². The maximum absolute atomic E-state index is 13.1. The lowest BCUT2D eigenvalue weighted by molar-refractivity contribution is -0.138. The minimum atomic E-state index is -1.29. The molecule has 0 radical (unpaired) electrons. The molecule has 1 rings (SSSR count). The van der Waals surface area contributed by atoms with Crippen LogP contribution < -0.4 is 0 Å². The molecule has 1 atom stereocenters. The summed E-state index contributed by atoms with van der Waals surface area (Å²) in [5.41, 5.74) is -0.470. The van der Waals surface area contributed by atoms with Crippen LogP contribution in [-0.4, -0.2) is 11.1 Å². The van der Waals surface area contributed by atoms with Gasteiger partial charge in [-0.2, -0.15) is 0 Å². The van der Waals surface area contributed by atoms with Crippen LogP contribution in [0.5, 0.6) is 0 Å². The van der Waals surface area contributed by atoms with E-state index in [2.05, 4.69) is 0 Å². The smallest absolute Gasteiger partial charge is 0.310 e. The summed E-state index contributed by atoms with van der Waals surface area (Å²) in [5.74, 6) is -4.40. The van der Waals surface area contributed by atoms with E-state index < -0.39 is 29.1 Å². The van der Waals surface area contributed by atoms with Crippen LogP contribution in [0.1, 0.15) is 18.4 Å². The SMILES string of the molecule is CC(C(=O)O)c1c(F)cc(Cl)cc1F. The van der Waals surface area contributed by atoms with Gasteiger partial charge < -0.3 is 5.11 Å². The first-order chi connectivity index (χ1) is 6.43. The Hall–Kier alpha value is -1.16. The molecule has 0 saturated heterocycles. The van der Waals surface area contributed by atoms with E-state index in [1.807, 2.05) is 0 Å². The lowest BCUT2D eigenvalue weighted by atomic mass is 10.0. The summed E-state index contributed by atoms with van der Waals surface area (Å²) in [6.07, 6.45) is 0. The number of carboxylic acid groups (broad SMARTS) is 1. The first-order valence-corrected chi connectivity index (χ1v) is 4.18. The molecule has 0 aliphatic rings. The Morgan fingerprint density at radius 2 is 1.86 bits per heavy atom. The van der Waals surface area contributed by atoms with Gasteiger partial charge >= 0.3 is 5.97 Å². The summed E-state index contributed by atoms with van der Waals surface area (Å²) < 4.78 is 26.3. The Bertz CT molecular complexity index is 356. The Morgan fingerprint density at radius 1 is 1.43 bits per heavy atom. The van der Waals surface area contributed by atoms with Gasteiger partial charge in [0.2, 0.25) is 0 Å². The van der Waals surface area contributed by atoms with Crippen molar-refractivity contribution >= 4 is 17.6 Å². The maximum atomic E-state index is 13.1. The van der Waals surface area contributed by atoms with Gasteiger partial charge in [-0.25, -0.2) is 8.78 Å². The predicted molar refractivity (Wildman–Crippen MR) is 47.4 cm³/mol. The average Bonchev–Trinajstić information content (AvgIpc) is 2.01. The number of carboxylic acids is 1. The Balaban J connectivity index is 3.27. The quantitative estimate of drug-likeness (QED) is 0.832. The minimum Gasteiger partial charge on any atom is -0.481 e. The molecular formula is C9H7ClF2O2. The van der Waals surface area contributed by atoms with Crippen LogP contribution in [0.4, 0.5) is 8.78 Å². The highest BCUT2D eigenvalue weighted by atomic mass is 35.5. The maximum Gasteiger partial charge on any atom is 0.310 e. The van der Waals surface area contributed by atoms with Crippen LogP contribution in [0.2, 0.25) is 5.02 Å². The fourth-order valence-electron chi connectivity index (χ4n) is 1.09. The number of halogens is 3. The van der Waals surface area contributed by atoms with E-state index in [1.165, 1.54) is 6.92 Å². The summed E-state index contributed by atoms with van der Waals surface area (Å²) >= 11 is 5.38. The zero-order chi connectivity index (χ0) is 10.9. The molecular weight excluding hydrogens is 214 g/mol. The minimum absolute atomic E-state index is 0.0960. The molecule has 0 bridgehead atoms. The van der Waals surface area contributed by atoms with Crippen LogP contribution in [0.3, 0.4) is 0 Å². The molecule has 1 N–H and O–H groups in total. The van der Waals surface area contributed by atoms with Crippen molar-refractivity contribution in [2.75, 3.05) is 0 Å². The van der Waals surface area contributed by atoms with Gasteiger partial charge in [0.05, 0.1) is 5.92 Å². The third-order valence-corrected chi connectivity index (χ3v) is 2.07. The van der Waals surface area contributed by atoms with Gasteiger partial charge in [0, 0.05) is 10.6 Å². The third kappa shape index (κ3) is 2.01.